The first-order chi connectivity index (χ1) is 12.3. The van der Waals surface area contributed by atoms with Crippen molar-refractivity contribution in [3.05, 3.63) is 46.2 Å². The molecule has 9 heteroatoms. The summed E-state index contributed by atoms with van der Waals surface area (Å²) in [5.41, 5.74) is 3.79. The summed E-state index contributed by atoms with van der Waals surface area (Å²) in [7, 11) is -3.63. The maximum absolute atomic E-state index is 12.1. The SMILES string of the molecule is CCOc1ccc(N(CC(=O)N/N=C\c2sccc2C)S(C)(=O)=O)cc1. The van der Waals surface area contributed by atoms with Crippen LogP contribution in [0.15, 0.2) is 40.8 Å². The number of anilines is 1. The summed E-state index contributed by atoms with van der Waals surface area (Å²) in [4.78, 5) is 13.0. The number of hydrazone groups is 1. The quantitative estimate of drug-likeness (QED) is 0.549. The highest BCUT2D eigenvalue weighted by molar-refractivity contribution is 7.92. The Labute approximate surface area is 157 Å². The van der Waals surface area contributed by atoms with E-state index in [1.165, 1.54) is 11.3 Å². The first-order valence-electron chi connectivity index (χ1n) is 7.88. The molecule has 2 aromatic rings. The second-order valence-corrected chi connectivity index (χ2v) is 8.31. The van der Waals surface area contributed by atoms with E-state index < -0.39 is 15.9 Å². The molecule has 0 atom stereocenters. The molecule has 0 fully saturated rings. The van der Waals surface area contributed by atoms with Gasteiger partial charge in [0.1, 0.15) is 12.3 Å². The second-order valence-electron chi connectivity index (χ2n) is 5.46. The fourth-order valence-corrected chi connectivity index (χ4v) is 3.76. The smallest absolute Gasteiger partial charge is 0.260 e. The molecule has 0 saturated carbocycles. The molecule has 140 valence electrons. The van der Waals surface area contributed by atoms with Crippen LogP contribution in [0.4, 0.5) is 5.69 Å². The fraction of sp³-hybridized carbons (Fsp3) is 0.294. The normalized spacial score (nSPS) is 11.5. The third-order valence-corrected chi connectivity index (χ3v) is 5.49. The van der Waals surface area contributed by atoms with E-state index in [4.69, 9.17) is 4.74 Å². The lowest BCUT2D eigenvalue weighted by atomic mass is 10.3. The summed E-state index contributed by atoms with van der Waals surface area (Å²) in [5, 5.41) is 5.81. The lowest BCUT2D eigenvalue weighted by molar-refractivity contribution is -0.119. The third-order valence-electron chi connectivity index (χ3n) is 3.40. The maximum atomic E-state index is 12.1. The van der Waals surface area contributed by atoms with E-state index in [1.54, 1.807) is 30.5 Å². The molecule has 0 saturated heterocycles. The molecule has 26 heavy (non-hydrogen) atoms. The van der Waals surface area contributed by atoms with E-state index >= 15 is 0 Å². The van der Waals surface area contributed by atoms with E-state index in [9.17, 15) is 13.2 Å². The summed E-state index contributed by atoms with van der Waals surface area (Å²) < 4.78 is 30.5. The van der Waals surface area contributed by atoms with Crippen molar-refractivity contribution in [3.8, 4) is 5.75 Å². The van der Waals surface area contributed by atoms with E-state index in [0.717, 1.165) is 21.0 Å². The number of sulfonamides is 1. The lowest BCUT2D eigenvalue weighted by Gasteiger charge is -2.21. The number of nitrogens with one attached hydrogen (secondary N) is 1. The van der Waals surface area contributed by atoms with Gasteiger partial charge >= 0.3 is 0 Å². The Morgan fingerprint density at radius 1 is 1.31 bits per heavy atom. The first kappa shape index (κ1) is 19.9. The Morgan fingerprint density at radius 2 is 2.00 bits per heavy atom. The summed E-state index contributed by atoms with van der Waals surface area (Å²) in [6, 6.07) is 8.46. The minimum Gasteiger partial charge on any atom is -0.494 e. The van der Waals surface area contributed by atoms with E-state index in [2.05, 4.69) is 10.5 Å². The van der Waals surface area contributed by atoms with Crippen molar-refractivity contribution in [2.45, 2.75) is 13.8 Å². The van der Waals surface area contributed by atoms with Gasteiger partial charge in [-0.3, -0.25) is 9.10 Å². The van der Waals surface area contributed by atoms with Crippen LogP contribution >= 0.6 is 11.3 Å². The monoisotopic (exact) mass is 395 g/mol. The Kier molecular flexibility index (Phi) is 6.76. The number of hydrogen-bond donors (Lipinski definition) is 1. The summed E-state index contributed by atoms with van der Waals surface area (Å²) in [5.74, 6) is 0.0971. The van der Waals surface area contributed by atoms with Crippen LogP contribution in [0, 0.1) is 6.92 Å². The number of thiophene rings is 1. The molecule has 1 N–H and O–H groups in total. The Hall–Kier alpha value is -2.39. The number of hydrogen-bond acceptors (Lipinski definition) is 6. The zero-order valence-electron chi connectivity index (χ0n) is 14.8. The number of rotatable bonds is 8. The van der Waals surface area contributed by atoms with Crippen molar-refractivity contribution in [1.82, 2.24) is 5.43 Å². The van der Waals surface area contributed by atoms with Crippen molar-refractivity contribution < 1.29 is 17.9 Å². The molecule has 1 aromatic heterocycles. The van der Waals surface area contributed by atoms with Crippen molar-refractivity contribution in [3.63, 3.8) is 0 Å². The van der Waals surface area contributed by atoms with Crippen molar-refractivity contribution in [2.24, 2.45) is 5.10 Å². The van der Waals surface area contributed by atoms with Gasteiger partial charge in [-0.05, 0) is 55.1 Å². The molecule has 0 unspecified atom stereocenters. The number of carbonyl (C=O) groups excluding carboxylic acids is 1. The molecule has 1 heterocycles. The van der Waals surface area contributed by atoms with Gasteiger partial charge in [-0.15, -0.1) is 11.3 Å². The van der Waals surface area contributed by atoms with Crippen molar-refractivity contribution >= 4 is 39.2 Å². The maximum Gasteiger partial charge on any atom is 0.260 e. The summed E-state index contributed by atoms with van der Waals surface area (Å²) >= 11 is 1.50. The highest BCUT2D eigenvalue weighted by atomic mass is 32.2. The van der Waals surface area contributed by atoms with Gasteiger partial charge in [0.15, 0.2) is 0 Å². The fourth-order valence-electron chi connectivity index (χ4n) is 2.12. The average Bonchev–Trinajstić information content (AvgIpc) is 2.98. The number of nitrogens with zero attached hydrogens (tertiary/aromatic N) is 2. The van der Waals surface area contributed by atoms with Crippen LogP contribution in [-0.2, 0) is 14.8 Å². The number of ether oxygens (including phenoxy) is 1. The van der Waals surface area contributed by atoms with Crippen LogP contribution in [0.3, 0.4) is 0 Å². The number of aryl methyl sites for hydroxylation is 1. The van der Waals surface area contributed by atoms with E-state index in [1.807, 2.05) is 25.3 Å². The number of benzene rings is 1. The molecular weight excluding hydrogens is 374 g/mol. The van der Waals surface area contributed by atoms with Crippen LogP contribution in [0.25, 0.3) is 0 Å². The van der Waals surface area contributed by atoms with Gasteiger partial charge in [-0.1, -0.05) is 0 Å². The zero-order chi connectivity index (χ0) is 19.2. The number of amides is 1. The van der Waals surface area contributed by atoms with Crippen molar-refractivity contribution in [1.29, 1.82) is 0 Å². The zero-order valence-corrected chi connectivity index (χ0v) is 16.4. The van der Waals surface area contributed by atoms with E-state index in [-0.39, 0.29) is 6.54 Å². The number of carbonyl (C=O) groups is 1. The van der Waals surface area contributed by atoms with Crippen LogP contribution in [-0.4, -0.2) is 39.9 Å². The topological polar surface area (TPSA) is 88.1 Å². The van der Waals surface area contributed by atoms with Gasteiger partial charge < -0.3 is 4.74 Å². The molecule has 0 bridgehead atoms. The molecule has 7 nitrogen and oxygen atoms in total. The minimum absolute atomic E-state index is 0.367. The minimum atomic E-state index is -3.63. The molecule has 0 aliphatic heterocycles. The van der Waals surface area contributed by atoms with Crippen LogP contribution < -0.4 is 14.5 Å². The lowest BCUT2D eigenvalue weighted by Crippen LogP contribution is -2.39. The van der Waals surface area contributed by atoms with E-state index in [0.29, 0.717) is 18.0 Å². The van der Waals surface area contributed by atoms with Gasteiger partial charge in [0.05, 0.1) is 24.8 Å². The van der Waals surface area contributed by atoms with Gasteiger partial charge in [0.2, 0.25) is 10.0 Å². The third kappa shape index (κ3) is 5.57. The first-order valence-corrected chi connectivity index (χ1v) is 10.6. The molecular formula is C17H21N3O4S2. The Bertz CT molecular complexity index is 874. The molecule has 0 radical (unpaired) electrons. The Morgan fingerprint density at radius 3 is 2.54 bits per heavy atom. The predicted molar refractivity (Wildman–Crippen MR) is 105 cm³/mol. The summed E-state index contributed by atoms with van der Waals surface area (Å²) in [6.45, 7) is 3.95. The molecule has 1 amide bonds. The molecule has 0 aliphatic carbocycles. The standard InChI is InChI=1S/C17H21N3O4S2/c1-4-24-15-7-5-14(6-8-15)20(26(3,22)23)12-17(21)19-18-11-16-13(2)9-10-25-16/h5-11H,4,12H2,1-3H3,(H,19,21)/b18-11-. The van der Waals surface area contributed by atoms with Crippen LogP contribution in [0.5, 0.6) is 5.75 Å². The Balaban J connectivity index is 2.06. The molecule has 0 spiro atoms. The predicted octanol–water partition coefficient (Wildman–Crippen LogP) is 2.37. The largest absolute Gasteiger partial charge is 0.494 e. The van der Waals surface area contributed by atoms with Crippen LogP contribution in [0.2, 0.25) is 0 Å². The molecule has 2 rings (SSSR count). The second kappa shape index (κ2) is 8.81. The van der Waals surface area contributed by atoms with Crippen molar-refractivity contribution in [2.75, 3.05) is 23.7 Å². The molecule has 1 aromatic carbocycles. The van der Waals surface area contributed by atoms with Gasteiger partial charge in [0, 0.05) is 4.88 Å². The van der Waals surface area contributed by atoms with Gasteiger partial charge in [-0.2, -0.15) is 5.10 Å². The van der Waals surface area contributed by atoms with Gasteiger partial charge in [0.25, 0.3) is 5.91 Å². The average molecular weight is 396 g/mol. The highest BCUT2D eigenvalue weighted by Gasteiger charge is 2.20. The van der Waals surface area contributed by atoms with Crippen LogP contribution in [0.1, 0.15) is 17.4 Å². The summed E-state index contributed by atoms with van der Waals surface area (Å²) in [6.07, 6.45) is 2.59. The van der Waals surface area contributed by atoms with Gasteiger partial charge in [-0.25, -0.2) is 13.8 Å². The highest BCUT2D eigenvalue weighted by Crippen LogP contribution is 2.21. The molecule has 0 aliphatic rings.